The fourth-order valence-electron chi connectivity index (χ4n) is 2.58. The Morgan fingerprint density at radius 3 is 2.61 bits per heavy atom. The maximum Gasteiger partial charge on any atom is 0.253 e. The molecule has 18 heavy (non-hydrogen) atoms. The average Bonchev–Trinajstić information content (AvgIpc) is 2.26. The third kappa shape index (κ3) is 2.72. The number of carbonyl (C=O) groups is 1. The van der Waals surface area contributed by atoms with Crippen molar-refractivity contribution in [2.75, 3.05) is 13.6 Å². The van der Waals surface area contributed by atoms with E-state index in [9.17, 15) is 9.90 Å². The second-order valence-electron chi connectivity index (χ2n) is 5.50. The van der Waals surface area contributed by atoms with Gasteiger partial charge in [0.15, 0.2) is 0 Å². The zero-order chi connectivity index (χ0) is 13.3. The van der Waals surface area contributed by atoms with Crippen molar-refractivity contribution in [1.82, 2.24) is 4.90 Å². The highest BCUT2D eigenvalue weighted by Gasteiger charge is 2.29. The first-order chi connectivity index (χ1) is 8.47. The second-order valence-corrected chi connectivity index (χ2v) is 5.50. The molecule has 3 heteroatoms. The van der Waals surface area contributed by atoms with Crippen LogP contribution in [0.15, 0.2) is 18.2 Å². The van der Waals surface area contributed by atoms with Crippen LogP contribution < -0.4 is 0 Å². The number of aliphatic hydroxyl groups is 1. The van der Waals surface area contributed by atoms with Crippen molar-refractivity contribution in [3.05, 3.63) is 34.9 Å². The summed E-state index contributed by atoms with van der Waals surface area (Å²) in [6.07, 6.45) is 1.49. The van der Waals surface area contributed by atoms with Gasteiger partial charge < -0.3 is 10.0 Å². The number of carbonyl (C=O) groups excluding carboxylic acids is 1. The highest BCUT2D eigenvalue weighted by atomic mass is 16.3. The van der Waals surface area contributed by atoms with Crippen molar-refractivity contribution in [3.8, 4) is 0 Å². The molecule has 1 aliphatic rings. The molecule has 1 amide bonds. The van der Waals surface area contributed by atoms with Gasteiger partial charge in [0.05, 0.1) is 6.10 Å². The van der Waals surface area contributed by atoms with Gasteiger partial charge >= 0.3 is 0 Å². The normalized spacial score (nSPS) is 22.4. The summed E-state index contributed by atoms with van der Waals surface area (Å²) in [6, 6.07) is 5.91. The zero-order valence-corrected chi connectivity index (χ0v) is 11.3. The molecule has 0 heterocycles. The van der Waals surface area contributed by atoms with Crippen molar-refractivity contribution >= 4 is 5.91 Å². The first kappa shape index (κ1) is 13.1. The summed E-state index contributed by atoms with van der Waals surface area (Å²) in [5.74, 6) is 0.536. The SMILES string of the molecule is Cc1ccc(C(=O)N(C)CC2CC(O)C2)c(C)c1. The summed E-state index contributed by atoms with van der Waals surface area (Å²) in [6.45, 7) is 4.74. The summed E-state index contributed by atoms with van der Waals surface area (Å²) in [5.41, 5.74) is 2.98. The lowest BCUT2D eigenvalue weighted by Crippen LogP contribution is -2.39. The van der Waals surface area contributed by atoms with E-state index in [2.05, 4.69) is 0 Å². The molecule has 1 fully saturated rings. The number of nitrogens with zero attached hydrogens (tertiary/aromatic N) is 1. The van der Waals surface area contributed by atoms with Gasteiger partial charge in [-0.15, -0.1) is 0 Å². The van der Waals surface area contributed by atoms with E-state index in [1.807, 2.05) is 39.1 Å². The van der Waals surface area contributed by atoms with E-state index in [1.165, 1.54) is 5.56 Å². The second kappa shape index (κ2) is 5.11. The van der Waals surface area contributed by atoms with Crippen molar-refractivity contribution in [2.45, 2.75) is 32.8 Å². The minimum atomic E-state index is -0.153. The molecule has 0 aliphatic heterocycles. The Morgan fingerprint density at radius 2 is 2.06 bits per heavy atom. The van der Waals surface area contributed by atoms with E-state index in [4.69, 9.17) is 0 Å². The Morgan fingerprint density at radius 1 is 1.39 bits per heavy atom. The van der Waals surface area contributed by atoms with E-state index in [-0.39, 0.29) is 12.0 Å². The molecule has 0 aromatic heterocycles. The maximum absolute atomic E-state index is 12.3. The van der Waals surface area contributed by atoms with Crippen molar-refractivity contribution in [1.29, 1.82) is 0 Å². The first-order valence-corrected chi connectivity index (χ1v) is 6.48. The molecule has 0 radical (unpaired) electrons. The van der Waals surface area contributed by atoms with Gasteiger partial charge in [-0.3, -0.25) is 4.79 Å². The number of benzene rings is 1. The van der Waals surface area contributed by atoms with Crippen molar-refractivity contribution in [3.63, 3.8) is 0 Å². The van der Waals surface area contributed by atoms with Crippen molar-refractivity contribution in [2.24, 2.45) is 5.92 Å². The number of hydrogen-bond donors (Lipinski definition) is 1. The lowest BCUT2D eigenvalue weighted by molar-refractivity contribution is 0.0265. The van der Waals surface area contributed by atoms with Gasteiger partial charge in [0, 0.05) is 19.2 Å². The van der Waals surface area contributed by atoms with Gasteiger partial charge in [0.1, 0.15) is 0 Å². The molecule has 0 unspecified atom stereocenters. The van der Waals surface area contributed by atoms with Crippen LogP contribution in [0.5, 0.6) is 0 Å². The molecule has 1 N–H and O–H groups in total. The predicted molar refractivity (Wildman–Crippen MR) is 71.6 cm³/mol. The Labute approximate surface area is 108 Å². The number of amides is 1. The number of aliphatic hydroxyl groups excluding tert-OH is 1. The van der Waals surface area contributed by atoms with Crippen LogP contribution in [0.3, 0.4) is 0 Å². The van der Waals surface area contributed by atoms with Crippen molar-refractivity contribution < 1.29 is 9.90 Å². The first-order valence-electron chi connectivity index (χ1n) is 6.48. The quantitative estimate of drug-likeness (QED) is 0.889. The summed E-state index contributed by atoms with van der Waals surface area (Å²) < 4.78 is 0. The van der Waals surface area contributed by atoms with Crippen LogP contribution in [0, 0.1) is 19.8 Å². The molecule has 0 spiro atoms. The van der Waals surface area contributed by atoms with E-state index in [1.54, 1.807) is 4.90 Å². The van der Waals surface area contributed by atoms with E-state index in [0.29, 0.717) is 5.92 Å². The molecule has 0 saturated heterocycles. The van der Waals surface area contributed by atoms with Gasteiger partial charge in [-0.2, -0.15) is 0 Å². The van der Waals surface area contributed by atoms with Gasteiger partial charge in [-0.05, 0) is 44.2 Å². The van der Waals surface area contributed by atoms with E-state index < -0.39 is 0 Å². The van der Waals surface area contributed by atoms with Gasteiger partial charge in [-0.25, -0.2) is 0 Å². The highest BCUT2D eigenvalue weighted by Crippen LogP contribution is 2.28. The lowest BCUT2D eigenvalue weighted by Gasteiger charge is -2.34. The molecule has 3 nitrogen and oxygen atoms in total. The summed E-state index contributed by atoms with van der Waals surface area (Å²) in [4.78, 5) is 14.1. The fraction of sp³-hybridized carbons (Fsp3) is 0.533. The summed E-state index contributed by atoms with van der Waals surface area (Å²) in [7, 11) is 1.84. The molecule has 1 saturated carbocycles. The maximum atomic E-state index is 12.3. The standard InChI is InChI=1S/C15H21NO2/c1-10-4-5-14(11(2)6-10)15(18)16(3)9-12-7-13(17)8-12/h4-6,12-13,17H,7-9H2,1-3H3. The number of hydrogen-bond acceptors (Lipinski definition) is 2. The van der Waals surface area contributed by atoms with Gasteiger partial charge in [-0.1, -0.05) is 17.7 Å². The molecule has 1 aromatic rings. The molecule has 0 bridgehead atoms. The van der Waals surface area contributed by atoms with E-state index in [0.717, 1.165) is 30.5 Å². The lowest BCUT2D eigenvalue weighted by atomic mass is 9.82. The monoisotopic (exact) mass is 247 g/mol. The molecule has 2 rings (SSSR count). The smallest absolute Gasteiger partial charge is 0.253 e. The molecule has 98 valence electrons. The number of rotatable bonds is 3. The minimum absolute atomic E-state index is 0.0777. The molecular weight excluding hydrogens is 226 g/mol. The van der Waals surface area contributed by atoms with Crippen LogP contribution in [0.25, 0.3) is 0 Å². The van der Waals surface area contributed by atoms with Gasteiger partial charge in [0.25, 0.3) is 5.91 Å². The topological polar surface area (TPSA) is 40.5 Å². The molecular formula is C15H21NO2. The van der Waals surface area contributed by atoms with Gasteiger partial charge in [0.2, 0.25) is 0 Å². The Bertz CT molecular complexity index is 450. The minimum Gasteiger partial charge on any atom is -0.393 e. The van der Waals surface area contributed by atoms with Crippen LogP contribution in [-0.2, 0) is 0 Å². The Hall–Kier alpha value is -1.35. The highest BCUT2D eigenvalue weighted by molar-refractivity contribution is 5.95. The van der Waals surface area contributed by atoms with Crippen LogP contribution in [0.4, 0.5) is 0 Å². The summed E-state index contributed by atoms with van der Waals surface area (Å²) >= 11 is 0. The zero-order valence-electron chi connectivity index (χ0n) is 11.3. The van der Waals surface area contributed by atoms with Crippen LogP contribution in [-0.4, -0.2) is 35.6 Å². The fourth-order valence-corrected chi connectivity index (χ4v) is 2.58. The number of aryl methyl sites for hydroxylation is 2. The third-order valence-electron chi connectivity index (χ3n) is 3.70. The van der Waals surface area contributed by atoms with Crippen LogP contribution in [0.1, 0.15) is 34.3 Å². The predicted octanol–water partition coefficient (Wildman–Crippen LogP) is 2.15. The van der Waals surface area contributed by atoms with Crippen LogP contribution in [0.2, 0.25) is 0 Å². The Kier molecular flexibility index (Phi) is 3.71. The van der Waals surface area contributed by atoms with E-state index >= 15 is 0 Å². The molecule has 1 aromatic carbocycles. The third-order valence-corrected chi connectivity index (χ3v) is 3.70. The summed E-state index contributed by atoms with van der Waals surface area (Å²) in [5, 5.41) is 9.26. The Balaban J connectivity index is 2.01. The average molecular weight is 247 g/mol. The molecule has 0 atom stereocenters. The molecule has 1 aliphatic carbocycles. The van der Waals surface area contributed by atoms with Crippen LogP contribution >= 0.6 is 0 Å². The largest absolute Gasteiger partial charge is 0.393 e.